The molecule has 0 aliphatic heterocycles. The Morgan fingerprint density at radius 2 is 2.10 bits per heavy atom. The Bertz CT molecular complexity index is 510. The Morgan fingerprint density at radius 1 is 1.45 bits per heavy atom. The molecule has 20 heavy (non-hydrogen) atoms. The van der Waals surface area contributed by atoms with Crippen molar-refractivity contribution >= 4 is 27.8 Å². The van der Waals surface area contributed by atoms with Gasteiger partial charge in [-0.25, -0.2) is 15.0 Å². The lowest BCUT2D eigenvalue weighted by Gasteiger charge is -2.24. The average Bonchev–Trinajstić information content (AvgIpc) is 2.39. The zero-order chi connectivity index (χ0) is 15.3. The van der Waals surface area contributed by atoms with Crippen LogP contribution < -0.4 is 5.84 Å². The van der Waals surface area contributed by atoms with Gasteiger partial charge in [0.25, 0.3) is 5.91 Å². The zero-order valence-electron chi connectivity index (χ0n) is 11.2. The first-order valence-corrected chi connectivity index (χ1v) is 6.91. The molecule has 5 nitrogen and oxygen atoms in total. The fraction of sp³-hybridized carbons (Fsp3) is 0.385. The fourth-order valence-corrected chi connectivity index (χ4v) is 1.99. The van der Waals surface area contributed by atoms with Gasteiger partial charge in [-0.2, -0.15) is 0 Å². The normalized spacial score (nSPS) is 11.8. The number of amides is 1. The van der Waals surface area contributed by atoms with Crippen molar-refractivity contribution in [2.45, 2.75) is 26.3 Å². The van der Waals surface area contributed by atoms with Crippen molar-refractivity contribution in [3.8, 4) is 0 Å². The third kappa shape index (κ3) is 3.77. The Hall–Kier alpha value is -1.47. The molecule has 7 heteroatoms. The minimum Gasteiger partial charge on any atom is -0.464 e. The van der Waals surface area contributed by atoms with Gasteiger partial charge >= 0.3 is 5.97 Å². The summed E-state index contributed by atoms with van der Waals surface area (Å²) in [4.78, 5) is 23.8. The first-order chi connectivity index (χ1) is 9.42. The summed E-state index contributed by atoms with van der Waals surface area (Å²) in [6.45, 7) is 3.53. The van der Waals surface area contributed by atoms with Crippen molar-refractivity contribution < 1.29 is 18.7 Å². The van der Waals surface area contributed by atoms with E-state index in [-0.39, 0.29) is 18.6 Å². The first kappa shape index (κ1) is 16.6. The molecule has 0 aromatic heterocycles. The van der Waals surface area contributed by atoms with E-state index in [1.807, 2.05) is 0 Å². The molecule has 1 aromatic carbocycles. The lowest BCUT2D eigenvalue weighted by Crippen LogP contribution is -2.50. The van der Waals surface area contributed by atoms with Gasteiger partial charge in [0.05, 0.1) is 12.2 Å². The van der Waals surface area contributed by atoms with Crippen LogP contribution >= 0.6 is 15.9 Å². The van der Waals surface area contributed by atoms with E-state index < -0.39 is 23.7 Å². The minimum absolute atomic E-state index is 0.185. The molecule has 0 heterocycles. The highest BCUT2D eigenvalue weighted by atomic mass is 79.9. The van der Waals surface area contributed by atoms with E-state index in [1.165, 1.54) is 12.1 Å². The maximum absolute atomic E-state index is 13.7. The molecule has 0 bridgehead atoms. The van der Waals surface area contributed by atoms with Crippen LogP contribution in [0.5, 0.6) is 0 Å². The number of hydrazine groups is 1. The maximum Gasteiger partial charge on any atom is 0.330 e. The summed E-state index contributed by atoms with van der Waals surface area (Å²) in [5.74, 6) is 3.56. The standard InChI is InChI=1S/C13H16BrFN2O3/c1-3-11(13(19)20-4-2)17(16)12(18)9-6-5-8(14)7-10(9)15/h5-7,11H,3-4,16H2,1-2H3. The Labute approximate surface area is 125 Å². The first-order valence-electron chi connectivity index (χ1n) is 6.12. The number of esters is 1. The molecule has 0 fully saturated rings. The summed E-state index contributed by atoms with van der Waals surface area (Å²) >= 11 is 3.10. The van der Waals surface area contributed by atoms with Crippen LogP contribution in [0, 0.1) is 5.82 Å². The van der Waals surface area contributed by atoms with Crippen LogP contribution in [0.2, 0.25) is 0 Å². The monoisotopic (exact) mass is 346 g/mol. The quantitative estimate of drug-likeness (QED) is 0.384. The Morgan fingerprint density at radius 3 is 2.60 bits per heavy atom. The molecule has 0 aliphatic carbocycles. The molecule has 0 aliphatic rings. The molecule has 0 radical (unpaired) electrons. The molecule has 2 N–H and O–H groups in total. The molecular formula is C13H16BrFN2O3. The predicted octanol–water partition coefficient (Wildman–Crippen LogP) is 2.25. The second-order valence-electron chi connectivity index (χ2n) is 4.01. The van der Waals surface area contributed by atoms with Crippen LogP contribution in [0.15, 0.2) is 22.7 Å². The molecule has 0 saturated heterocycles. The van der Waals surface area contributed by atoms with Crippen LogP contribution in [0.1, 0.15) is 30.6 Å². The highest BCUT2D eigenvalue weighted by Crippen LogP contribution is 2.17. The number of ether oxygens (including phenoxy) is 1. The number of benzene rings is 1. The molecule has 0 spiro atoms. The summed E-state index contributed by atoms with van der Waals surface area (Å²) in [7, 11) is 0. The predicted molar refractivity (Wildman–Crippen MR) is 75.2 cm³/mol. The van der Waals surface area contributed by atoms with Crippen molar-refractivity contribution in [3.63, 3.8) is 0 Å². The fourth-order valence-electron chi connectivity index (χ4n) is 1.66. The Kier molecular flexibility index (Phi) is 6.09. The number of halogens is 2. The summed E-state index contributed by atoms with van der Waals surface area (Å²) in [5.41, 5.74) is -0.196. The smallest absolute Gasteiger partial charge is 0.330 e. The second-order valence-corrected chi connectivity index (χ2v) is 4.93. The third-order valence-corrected chi connectivity index (χ3v) is 3.17. The number of carbonyl (C=O) groups is 2. The van der Waals surface area contributed by atoms with Crippen LogP contribution in [-0.2, 0) is 9.53 Å². The van der Waals surface area contributed by atoms with Gasteiger partial charge < -0.3 is 4.74 Å². The van der Waals surface area contributed by atoms with Gasteiger partial charge in [0.15, 0.2) is 0 Å². The van der Waals surface area contributed by atoms with Crippen LogP contribution in [-0.4, -0.2) is 29.5 Å². The topological polar surface area (TPSA) is 72.6 Å². The second kappa shape index (κ2) is 7.35. The lowest BCUT2D eigenvalue weighted by molar-refractivity contribution is -0.148. The third-order valence-electron chi connectivity index (χ3n) is 2.68. The molecule has 1 amide bonds. The summed E-state index contributed by atoms with van der Waals surface area (Å²) in [6, 6.07) is 3.05. The number of hydrogen-bond donors (Lipinski definition) is 1. The van der Waals surface area contributed by atoms with Gasteiger partial charge in [-0.1, -0.05) is 22.9 Å². The van der Waals surface area contributed by atoms with E-state index in [1.54, 1.807) is 13.8 Å². The number of carbonyl (C=O) groups excluding carboxylic acids is 2. The molecule has 1 aromatic rings. The molecule has 1 unspecified atom stereocenters. The zero-order valence-corrected chi connectivity index (χ0v) is 12.8. The van der Waals surface area contributed by atoms with Gasteiger partial charge in [-0.15, -0.1) is 0 Å². The summed E-state index contributed by atoms with van der Waals surface area (Å²) < 4.78 is 19.1. The van der Waals surface area contributed by atoms with Crippen molar-refractivity contribution in [2.24, 2.45) is 5.84 Å². The maximum atomic E-state index is 13.7. The highest BCUT2D eigenvalue weighted by molar-refractivity contribution is 9.10. The Balaban J connectivity index is 2.97. The number of nitrogens with zero attached hydrogens (tertiary/aromatic N) is 1. The minimum atomic E-state index is -0.939. The number of nitrogens with two attached hydrogens (primary N) is 1. The van der Waals surface area contributed by atoms with Gasteiger partial charge in [-0.05, 0) is 31.5 Å². The largest absolute Gasteiger partial charge is 0.464 e. The van der Waals surface area contributed by atoms with E-state index in [2.05, 4.69) is 15.9 Å². The van der Waals surface area contributed by atoms with Crippen molar-refractivity contribution in [1.82, 2.24) is 5.01 Å². The molecule has 1 rings (SSSR count). The van der Waals surface area contributed by atoms with Gasteiger partial charge in [0.1, 0.15) is 11.9 Å². The summed E-state index contributed by atoms with van der Waals surface area (Å²) in [5, 5.41) is 0.713. The van der Waals surface area contributed by atoms with E-state index in [0.717, 1.165) is 6.07 Å². The van der Waals surface area contributed by atoms with E-state index in [9.17, 15) is 14.0 Å². The highest BCUT2D eigenvalue weighted by Gasteiger charge is 2.29. The van der Waals surface area contributed by atoms with E-state index in [0.29, 0.717) is 9.48 Å². The molecule has 1 atom stereocenters. The molecule has 0 saturated carbocycles. The number of rotatable bonds is 5. The number of hydrogen-bond acceptors (Lipinski definition) is 4. The van der Waals surface area contributed by atoms with Crippen molar-refractivity contribution in [3.05, 3.63) is 34.1 Å². The van der Waals surface area contributed by atoms with Crippen LogP contribution in [0.4, 0.5) is 4.39 Å². The van der Waals surface area contributed by atoms with Crippen molar-refractivity contribution in [1.29, 1.82) is 0 Å². The molecule has 110 valence electrons. The van der Waals surface area contributed by atoms with Gasteiger partial charge in [0.2, 0.25) is 0 Å². The van der Waals surface area contributed by atoms with E-state index in [4.69, 9.17) is 10.6 Å². The van der Waals surface area contributed by atoms with Crippen LogP contribution in [0.25, 0.3) is 0 Å². The lowest BCUT2D eigenvalue weighted by atomic mass is 10.1. The van der Waals surface area contributed by atoms with Crippen molar-refractivity contribution in [2.75, 3.05) is 6.61 Å². The van der Waals surface area contributed by atoms with E-state index >= 15 is 0 Å². The SMILES string of the molecule is CCOC(=O)C(CC)N(N)C(=O)c1ccc(Br)cc1F. The van der Waals surface area contributed by atoms with Gasteiger partial charge in [-0.3, -0.25) is 9.80 Å². The van der Waals surface area contributed by atoms with Crippen LogP contribution in [0.3, 0.4) is 0 Å². The summed E-state index contributed by atoms with van der Waals surface area (Å²) in [6.07, 6.45) is 0.277. The average molecular weight is 347 g/mol. The van der Waals surface area contributed by atoms with Gasteiger partial charge in [0, 0.05) is 4.47 Å². The molecular weight excluding hydrogens is 331 g/mol.